The summed E-state index contributed by atoms with van der Waals surface area (Å²) in [5, 5.41) is 6.09. The Hall–Kier alpha value is -2.86. The van der Waals surface area contributed by atoms with E-state index in [9.17, 15) is 9.59 Å². The number of hydrogen-bond donors (Lipinski definition) is 2. The van der Waals surface area contributed by atoms with E-state index >= 15 is 0 Å². The molecule has 2 aromatic rings. The number of aryl methyl sites for hydroxylation is 1. The monoisotopic (exact) mass is 351 g/mol. The van der Waals surface area contributed by atoms with Crippen molar-refractivity contribution in [2.45, 2.75) is 18.9 Å². The van der Waals surface area contributed by atoms with E-state index in [1.807, 2.05) is 36.4 Å². The van der Waals surface area contributed by atoms with Crippen LogP contribution in [-0.4, -0.2) is 37.6 Å². The average molecular weight is 351 g/mol. The largest absolute Gasteiger partial charge is 0.492 e. The highest BCUT2D eigenvalue weighted by molar-refractivity contribution is 6.10. The van der Waals surface area contributed by atoms with Gasteiger partial charge in [-0.15, -0.1) is 0 Å². The number of amides is 2. The molecule has 1 unspecified atom stereocenters. The fraction of sp³-hybridized carbons (Fsp3) is 0.300. The van der Waals surface area contributed by atoms with Gasteiger partial charge in [0.25, 0.3) is 0 Å². The van der Waals surface area contributed by atoms with E-state index < -0.39 is 0 Å². The first-order valence-electron chi connectivity index (χ1n) is 8.84. The number of carbonyl (C=O) groups is 2. The van der Waals surface area contributed by atoms with Crippen molar-refractivity contribution in [3.8, 4) is 5.75 Å². The molecule has 26 heavy (non-hydrogen) atoms. The molecule has 0 spiro atoms. The number of ether oxygens (including phenoxy) is 1. The molecule has 0 saturated heterocycles. The molecule has 134 valence electrons. The third kappa shape index (κ3) is 3.41. The Morgan fingerprint density at radius 3 is 2.92 bits per heavy atom. The highest BCUT2D eigenvalue weighted by Gasteiger charge is 2.27. The SMILES string of the molecule is O=C1CN(C(=O)CNC2CCc3ccccc3OC2)c2ccccc2N1. The maximum Gasteiger partial charge on any atom is 0.244 e. The normalized spacial score (nSPS) is 18.8. The summed E-state index contributed by atoms with van der Waals surface area (Å²) < 4.78 is 5.86. The van der Waals surface area contributed by atoms with Gasteiger partial charge in [0.15, 0.2) is 0 Å². The Morgan fingerprint density at radius 2 is 2.00 bits per heavy atom. The van der Waals surface area contributed by atoms with Crippen LogP contribution in [0.25, 0.3) is 0 Å². The second kappa shape index (κ2) is 7.17. The summed E-state index contributed by atoms with van der Waals surface area (Å²) in [5.74, 6) is 0.629. The van der Waals surface area contributed by atoms with Crippen LogP contribution in [0.5, 0.6) is 5.75 Å². The van der Waals surface area contributed by atoms with Crippen LogP contribution in [0.15, 0.2) is 48.5 Å². The molecule has 0 fully saturated rings. The molecule has 6 heteroatoms. The van der Waals surface area contributed by atoms with Gasteiger partial charge in [0.2, 0.25) is 11.8 Å². The Kier molecular flexibility index (Phi) is 4.58. The predicted molar refractivity (Wildman–Crippen MR) is 99.5 cm³/mol. The van der Waals surface area contributed by atoms with Crippen molar-refractivity contribution in [1.29, 1.82) is 0 Å². The van der Waals surface area contributed by atoms with Crippen molar-refractivity contribution in [2.75, 3.05) is 29.9 Å². The first-order chi connectivity index (χ1) is 12.7. The van der Waals surface area contributed by atoms with Crippen LogP contribution >= 0.6 is 0 Å². The van der Waals surface area contributed by atoms with Crippen molar-refractivity contribution >= 4 is 23.2 Å². The Balaban J connectivity index is 1.38. The van der Waals surface area contributed by atoms with E-state index in [-0.39, 0.29) is 30.9 Å². The number of nitrogens with one attached hydrogen (secondary N) is 2. The molecule has 2 N–H and O–H groups in total. The molecule has 0 radical (unpaired) electrons. The van der Waals surface area contributed by atoms with Gasteiger partial charge in [-0.3, -0.25) is 14.5 Å². The molecule has 2 heterocycles. The first kappa shape index (κ1) is 16.6. The molecule has 0 aromatic heterocycles. The van der Waals surface area contributed by atoms with E-state index in [4.69, 9.17) is 4.74 Å². The number of anilines is 2. The van der Waals surface area contributed by atoms with E-state index in [0.29, 0.717) is 12.3 Å². The highest BCUT2D eigenvalue weighted by Crippen LogP contribution is 2.29. The molecule has 1 atom stereocenters. The molecular formula is C20H21N3O3. The zero-order valence-electron chi connectivity index (χ0n) is 14.4. The van der Waals surface area contributed by atoms with E-state index in [1.165, 1.54) is 10.5 Å². The lowest BCUT2D eigenvalue weighted by atomic mass is 10.1. The predicted octanol–water partition coefficient (Wildman–Crippen LogP) is 1.96. The molecule has 4 rings (SSSR count). The summed E-state index contributed by atoms with van der Waals surface area (Å²) in [6.45, 7) is 0.748. The quantitative estimate of drug-likeness (QED) is 0.887. The second-order valence-corrected chi connectivity index (χ2v) is 6.58. The van der Waals surface area contributed by atoms with Crippen molar-refractivity contribution in [3.63, 3.8) is 0 Å². The summed E-state index contributed by atoms with van der Waals surface area (Å²) in [7, 11) is 0. The summed E-state index contributed by atoms with van der Waals surface area (Å²) in [6.07, 6.45) is 1.82. The van der Waals surface area contributed by atoms with E-state index in [2.05, 4.69) is 16.7 Å². The topological polar surface area (TPSA) is 70.7 Å². The minimum absolute atomic E-state index is 0.0458. The van der Waals surface area contributed by atoms with Gasteiger partial charge in [-0.05, 0) is 36.6 Å². The number of para-hydroxylation sites is 3. The van der Waals surface area contributed by atoms with Gasteiger partial charge < -0.3 is 15.4 Å². The van der Waals surface area contributed by atoms with Gasteiger partial charge in [-0.25, -0.2) is 0 Å². The third-order valence-electron chi connectivity index (χ3n) is 4.79. The smallest absolute Gasteiger partial charge is 0.244 e. The van der Waals surface area contributed by atoms with Gasteiger partial charge in [-0.2, -0.15) is 0 Å². The van der Waals surface area contributed by atoms with Gasteiger partial charge in [0.05, 0.1) is 17.9 Å². The van der Waals surface area contributed by atoms with Gasteiger partial charge in [0.1, 0.15) is 18.9 Å². The average Bonchev–Trinajstić information content (AvgIpc) is 2.88. The van der Waals surface area contributed by atoms with Crippen LogP contribution in [0.4, 0.5) is 11.4 Å². The number of rotatable bonds is 3. The molecule has 0 aliphatic carbocycles. The van der Waals surface area contributed by atoms with Crippen molar-refractivity contribution in [2.24, 2.45) is 0 Å². The van der Waals surface area contributed by atoms with Crippen LogP contribution in [0.2, 0.25) is 0 Å². The summed E-state index contributed by atoms with van der Waals surface area (Å²) in [5.41, 5.74) is 2.61. The maximum atomic E-state index is 12.7. The van der Waals surface area contributed by atoms with Crippen LogP contribution in [0, 0.1) is 0 Å². The van der Waals surface area contributed by atoms with Crippen LogP contribution in [0.1, 0.15) is 12.0 Å². The number of hydrogen-bond acceptors (Lipinski definition) is 4. The van der Waals surface area contributed by atoms with Crippen molar-refractivity contribution < 1.29 is 14.3 Å². The van der Waals surface area contributed by atoms with E-state index in [1.54, 1.807) is 6.07 Å². The zero-order chi connectivity index (χ0) is 17.9. The summed E-state index contributed by atoms with van der Waals surface area (Å²) in [6, 6.07) is 15.5. The molecule has 2 aliphatic heterocycles. The zero-order valence-corrected chi connectivity index (χ0v) is 14.4. The lowest BCUT2D eigenvalue weighted by molar-refractivity contribution is -0.121. The number of benzene rings is 2. The molecule has 2 aliphatic rings. The number of nitrogens with zero attached hydrogens (tertiary/aromatic N) is 1. The summed E-state index contributed by atoms with van der Waals surface area (Å²) >= 11 is 0. The third-order valence-corrected chi connectivity index (χ3v) is 4.79. The second-order valence-electron chi connectivity index (χ2n) is 6.58. The maximum absolute atomic E-state index is 12.7. The lowest BCUT2D eigenvalue weighted by Gasteiger charge is -2.29. The van der Waals surface area contributed by atoms with Crippen LogP contribution in [-0.2, 0) is 16.0 Å². The number of fused-ring (bicyclic) bond motifs is 2. The first-order valence-corrected chi connectivity index (χ1v) is 8.84. The fourth-order valence-electron chi connectivity index (χ4n) is 3.40. The van der Waals surface area contributed by atoms with Gasteiger partial charge >= 0.3 is 0 Å². The fourth-order valence-corrected chi connectivity index (χ4v) is 3.40. The molecule has 2 amide bonds. The Morgan fingerprint density at radius 1 is 1.19 bits per heavy atom. The molecular weight excluding hydrogens is 330 g/mol. The van der Waals surface area contributed by atoms with Gasteiger partial charge in [0, 0.05) is 6.04 Å². The van der Waals surface area contributed by atoms with E-state index in [0.717, 1.165) is 24.3 Å². The summed E-state index contributed by atoms with van der Waals surface area (Å²) in [4.78, 5) is 26.1. The molecule has 0 bridgehead atoms. The van der Waals surface area contributed by atoms with Crippen molar-refractivity contribution in [3.05, 3.63) is 54.1 Å². The Labute approximate surface area is 152 Å². The highest BCUT2D eigenvalue weighted by atomic mass is 16.5. The minimum Gasteiger partial charge on any atom is -0.492 e. The van der Waals surface area contributed by atoms with Crippen LogP contribution < -0.4 is 20.3 Å². The van der Waals surface area contributed by atoms with Gasteiger partial charge in [-0.1, -0.05) is 30.3 Å². The lowest BCUT2D eigenvalue weighted by Crippen LogP contribution is -2.48. The molecule has 2 aromatic carbocycles. The minimum atomic E-state index is -0.176. The van der Waals surface area contributed by atoms with Crippen LogP contribution in [0.3, 0.4) is 0 Å². The van der Waals surface area contributed by atoms with Crippen molar-refractivity contribution in [1.82, 2.24) is 5.32 Å². The number of carbonyl (C=O) groups excluding carboxylic acids is 2. The molecule has 0 saturated carbocycles. The standard InChI is InChI=1S/C20H21N3O3/c24-19-12-23(17-7-3-2-6-16(17)22-19)20(25)11-21-15-10-9-14-5-1-4-8-18(14)26-13-15/h1-8,15,21H,9-13H2,(H,22,24). The Bertz CT molecular complexity index is 810. The molecule has 6 nitrogen and oxygen atoms in total.